The maximum Gasteiger partial charge on any atom is 0.143 e. The van der Waals surface area contributed by atoms with E-state index in [9.17, 15) is 4.39 Å². The molecule has 1 saturated heterocycles. The van der Waals surface area contributed by atoms with Gasteiger partial charge in [0.2, 0.25) is 0 Å². The van der Waals surface area contributed by atoms with E-state index in [2.05, 4.69) is 9.97 Å². The van der Waals surface area contributed by atoms with E-state index < -0.39 is 0 Å². The van der Waals surface area contributed by atoms with Gasteiger partial charge in [0.15, 0.2) is 0 Å². The molecule has 1 aliphatic rings. The standard InChI is InChI=1S/C20H20FN3O2/c1-25-16-2-3-17(18(21)11-16)20-23-8-9-24(20)19-13-26-12-15(19)10-14-4-6-22-7-5-14/h2-9,11,15,19H,10,12-13H2,1H3/t15-,19+/m0/s1. The van der Waals surface area contributed by atoms with Crippen molar-refractivity contribution < 1.29 is 13.9 Å². The van der Waals surface area contributed by atoms with Crippen LogP contribution < -0.4 is 4.74 Å². The van der Waals surface area contributed by atoms with Crippen molar-refractivity contribution in [3.05, 3.63) is 66.5 Å². The summed E-state index contributed by atoms with van der Waals surface area (Å²) >= 11 is 0. The minimum Gasteiger partial charge on any atom is -0.497 e. The summed E-state index contributed by atoms with van der Waals surface area (Å²) in [6.45, 7) is 1.27. The number of nitrogens with zero attached hydrogens (tertiary/aromatic N) is 3. The second-order valence-corrected chi connectivity index (χ2v) is 6.43. The molecule has 134 valence electrons. The summed E-state index contributed by atoms with van der Waals surface area (Å²) in [6.07, 6.45) is 8.10. The molecule has 0 spiro atoms. The van der Waals surface area contributed by atoms with Gasteiger partial charge in [-0.1, -0.05) is 0 Å². The maximum atomic E-state index is 14.5. The van der Waals surface area contributed by atoms with Crippen molar-refractivity contribution in [3.8, 4) is 17.1 Å². The van der Waals surface area contributed by atoms with Gasteiger partial charge in [-0.2, -0.15) is 0 Å². The Morgan fingerprint density at radius 1 is 1.19 bits per heavy atom. The molecule has 0 unspecified atom stereocenters. The quantitative estimate of drug-likeness (QED) is 0.704. The monoisotopic (exact) mass is 353 g/mol. The Balaban J connectivity index is 1.63. The van der Waals surface area contributed by atoms with Gasteiger partial charge in [-0.05, 0) is 36.2 Å². The Morgan fingerprint density at radius 3 is 2.81 bits per heavy atom. The van der Waals surface area contributed by atoms with Crippen LogP contribution in [0.4, 0.5) is 4.39 Å². The van der Waals surface area contributed by atoms with Crippen molar-refractivity contribution in [3.63, 3.8) is 0 Å². The van der Waals surface area contributed by atoms with E-state index in [1.807, 2.05) is 22.9 Å². The number of imidazole rings is 1. The van der Waals surface area contributed by atoms with Gasteiger partial charge in [0.05, 0.1) is 31.9 Å². The molecule has 6 heteroatoms. The SMILES string of the molecule is COc1ccc(-c2nccn2[C@@H]2COC[C@@H]2Cc2ccncc2)c(F)c1. The van der Waals surface area contributed by atoms with Crippen molar-refractivity contribution in [1.82, 2.24) is 14.5 Å². The zero-order chi connectivity index (χ0) is 17.9. The van der Waals surface area contributed by atoms with Crippen LogP contribution in [0.2, 0.25) is 0 Å². The Morgan fingerprint density at radius 2 is 2.04 bits per heavy atom. The van der Waals surface area contributed by atoms with Crippen LogP contribution >= 0.6 is 0 Å². The number of rotatable bonds is 5. The van der Waals surface area contributed by atoms with Crippen molar-refractivity contribution in [2.75, 3.05) is 20.3 Å². The molecule has 0 N–H and O–H groups in total. The van der Waals surface area contributed by atoms with Crippen LogP contribution in [-0.4, -0.2) is 34.9 Å². The number of benzene rings is 1. The van der Waals surface area contributed by atoms with Crippen LogP contribution in [0, 0.1) is 11.7 Å². The molecule has 0 saturated carbocycles. The lowest BCUT2D eigenvalue weighted by atomic mass is 9.95. The summed E-state index contributed by atoms with van der Waals surface area (Å²) in [7, 11) is 1.52. The summed E-state index contributed by atoms with van der Waals surface area (Å²) < 4.78 is 27.4. The number of ether oxygens (including phenoxy) is 2. The molecule has 1 aliphatic heterocycles. The number of pyridine rings is 1. The highest BCUT2D eigenvalue weighted by Crippen LogP contribution is 2.34. The van der Waals surface area contributed by atoms with Crippen molar-refractivity contribution >= 4 is 0 Å². The Bertz CT molecular complexity index is 882. The molecule has 0 radical (unpaired) electrons. The predicted octanol–water partition coefficient (Wildman–Crippen LogP) is 3.52. The molecule has 3 aromatic rings. The molecule has 3 heterocycles. The molecule has 26 heavy (non-hydrogen) atoms. The van der Waals surface area contributed by atoms with Gasteiger partial charge < -0.3 is 14.0 Å². The normalized spacial score (nSPS) is 19.6. The Labute approximate surface area is 151 Å². The molecular formula is C20H20FN3O2. The summed E-state index contributed by atoms with van der Waals surface area (Å²) in [4.78, 5) is 8.47. The first-order chi connectivity index (χ1) is 12.8. The lowest BCUT2D eigenvalue weighted by Crippen LogP contribution is -2.20. The molecule has 4 rings (SSSR count). The van der Waals surface area contributed by atoms with E-state index in [-0.39, 0.29) is 11.9 Å². The van der Waals surface area contributed by atoms with Gasteiger partial charge in [-0.3, -0.25) is 4.98 Å². The highest BCUT2D eigenvalue weighted by Gasteiger charge is 2.31. The highest BCUT2D eigenvalue weighted by atomic mass is 19.1. The molecule has 1 aromatic carbocycles. The van der Waals surface area contributed by atoms with E-state index in [1.165, 1.54) is 18.7 Å². The summed E-state index contributed by atoms with van der Waals surface area (Å²) in [6, 6.07) is 8.99. The van der Waals surface area contributed by atoms with Crippen molar-refractivity contribution in [2.45, 2.75) is 12.5 Å². The smallest absolute Gasteiger partial charge is 0.143 e. The highest BCUT2D eigenvalue weighted by molar-refractivity contribution is 5.58. The fourth-order valence-corrected chi connectivity index (χ4v) is 3.50. The number of methoxy groups -OCH3 is 1. The number of halogens is 1. The summed E-state index contributed by atoms with van der Waals surface area (Å²) in [5.41, 5.74) is 1.68. The fourth-order valence-electron chi connectivity index (χ4n) is 3.50. The predicted molar refractivity (Wildman–Crippen MR) is 95.5 cm³/mol. The lowest BCUT2D eigenvalue weighted by Gasteiger charge is -2.21. The van der Waals surface area contributed by atoms with Crippen LogP contribution in [0.25, 0.3) is 11.4 Å². The molecule has 2 aromatic heterocycles. The average molecular weight is 353 g/mol. The van der Waals surface area contributed by atoms with Gasteiger partial charge in [0.25, 0.3) is 0 Å². The molecule has 2 atom stereocenters. The third kappa shape index (κ3) is 3.20. The first kappa shape index (κ1) is 16.7. The zero-order valence-electron chi connectivity index (χ0n) is 14.5. The van der Waals surface area contributed by atoms with E-state index in [1.54, 1.807) is 30.7 Å². The zero-order valence-corrected chi connectivity index (χ0v) is 14.5. The minimum absolute atomic E-state index is 0.113. The Kier molecular flexibility index (Phi) is 4.67. The Hall–Kier alpha value is -2.73. The van der Waals surface area contributed by atoms with Crippen molar-refractivity contribution in [2.24, 2.45) is 5.92 Å². The van der Waals surface area contributed by atoms with Crippen molar-refractivity contribution in [1.29, 1.82) is 0 Å². The van der Waals surface area contributed by atoms with Gasteiger partial charge in [0, 0.05) is 36.8 Å². The maximum absolute atomic E-state index is 14.5. The third-order valence-corrected chi connectivity index (χ3v) is 4.86. The largest absolute Gasteiger partial charge is 0.497 e. The van der Waals surface area contributed by atoms with Gasteiger partial charge in [-0.25, -0.2) is 9.37 Å². The molecule has 0 bridgehead atoms. The van der Waals surface area contributed by atoms with Gasteiger partial charge in [0.1, 0.15) is 17.4 Å². The van der Waals surface area contributed by atoms with E-state index in [4.69, 9.17) is 9.47 Å². The van der Waals surface area contributed by atoms with Crippen LogP contribution in [-0.2, 0) is 11.2 Å². The molecule has 0 aliphatic carbocycles. The topological polar surface area (TPSA) is 49.2 Å². The number of aromatic nitrogens is 3. The number of hydrogen-bond acceptors (Lipinski definition) is 4. The second kappa shape index (κ2) is 7.25. The minimum atomic E-state index is -0.346. The fraction of sp³-hybridized carbons (Fsp3) is 0.300. The molecule has 1 fully saturated rings. The molecular weight excluding hydrogens is 333 g/mol. The van der Waals surface area contributed by atoms with Crippen LogP contribution in [0.1, 0.15) is 11.6 Å². The van der Waals surface area contributed by atoms with Gasteiger partial charge >= 0.3 is 0 Å². The van der Waals surface area contributed by atoms with E-state index >= 15 is 0 Å². The molecule has 0 amide bonds. The third-order valence-electron chi connectivity index (χ3n) is 4.86. The lowest BCUT2D eigenvalue weighted by molar-refractivity contribution is 0.181. The van der Waals surface area contributed by atoms with Crippen LogP contribution in [0.15, 0.2) is 55.1 Å². The van der Waals surface area contributed by atoms with E-state index in [0.29, 0.717) is 36.3 Å². The summed E-state index contributed by atoms with van der Waals surface area (Å²) in [5.74, 6) is 1.05. The number of hydrogen-bond donors (Lipinski definition) is 0. The second-order valence-electron chi connectivity index (χ2n) is 6.43. The first-order valence-electron chi connectivity index (χ1n) is 8.59. The average Bonchev–Trinajstić information content (AvgIpc) is 3.31. The summed E-state index contributed by atoms with van der Waals surface area (Å²) in [5, 5.41) is 0. The molecule has 5 nitrogen and oxygen atoms in total. The first-order valence-corrected chi connectivity index (χ1v) is 8.59. The van der Waals surface area contributed by atoms with Crippen LogP contribution in [0.3, 0.4) is 0 Å². The van der Waals surface area contributed by atoms with E-state index in [0.717, 1.165) is 6.42 Å². The van der Waals surface area contributed by atoms with Crippen LogP contribution in [0.5, 0.6) is 5.75 Å². The van der Waals surface area contributed by atoms with Gasteiger partial charge in [-0.15, -0.1) is 0 Å².